The second-order valence-electron chi connectivity index (χ2n) is 4.82. The maximum Gasteiger partial charge on any atom is 0.338 e. The van der Waals surface area contributed by atoms with Crippen LogP contribution in [0.1, 0.15) is 10.4 Å². The summed E-state index contributed by atoms with van der Waals surface area (Å²) >= 11 is 0. The Morgan fingerprint density at radius 3 is 2.91 bits per heavy atom. The molecule has 1 aromatic heterocycles. The van der Waals surface area contributed by atoms with Gasteiger partial charge < -0.3 is 15.3 Å². The van der Waals surface area contributed by atoms with E-state index in [0.29, 0.717) is 22.8 Å². The minimum atomic E-state index is -1.36. The van der Waals surface area contributed by atoms with Gasteiger partial charge in [-0.3, -0.25) is 4.79 Å². The molecule has 3 rings (SSSR count). The molecule has 7 nitrogen and oxygen atoms in total. The third-order valence-corrected chi connectivity index (χ3v) is 3.31. The molecule has 0 atom stereocenters. The molecule has 8 heteroatoms. The number of rotatable bonds is 2. The van der Waals surface area contributed by atoms with E-state index < -0.39 is 17.3 Å². The number of benzene rings is 1. The van der Waals surface area contributed by atoms with Crippen LogP contribution in [0.15, 0.2) is 24.5 Å². The molecule has 0 radical (unpaired) electrons. The smallest absolute Gasteiger partial charge is 0.338 e. The summed E-state index contributed by atoms with van der Waals surface area (Å²) in [6, 6.07) is 3.73. The Morgan fingerprint density at radius 1 is 1.41 bits per heavy atom. The molecule has 0 saturated heterocycles. The van der Waals surface area contributed by atoms with E-state index in [-0.39, 0.29) is 12.5 Å². The number of carboxylic acids is 1. The van der Waals surface area contributed by atoms with Crippen LogP contribution in [0.5, 0.6) is 0 Å². The van der Waals surface area contributed by atoms with Crippen LogP contribution in [0.3, 0.4) is 0 Å². The first kappa shape index (κ1) is 13.9. The predicted molar refractivity (Wildman–Crippen MR) is 76.3 cm³/mol. The van der Waals surface area contributed by atoms with Gasteiger partial charge in [-0.15, -0.1) is 0 Å². The fourth-order valence-corrected chi connectivity index (χ4v) is 2.35. The van der Waals surface area contributed by atoms with Crippen molar-refractivity contribution in [3.8, 4) is 11.3 Å². The van der Waals surface area contributed by atoms with Gasteiger partial charge in [-0.1, -0.05) is 0 Å². The van der Waals surface area contributed by atoms with E-state index >= 15 is 0 Å². The highest BCUT2D eigenvalue weighted by molar-refractivity contribution is 6.02. The Balaban J connectivity index is 2.18. The fraction of sp³-hybridized carbons (Fsp3) is 0.143. The van der Waals surface area contributed by atoms with Crippen LogP contribution in [0.2, 0.25) is 0 Å². The number of aromatic carboxylic acids is 1. The highest BCUT2D eigenvalue weighted by Crippen LogP contribution is 2.35. The van der Waals surface area contributed by atoms with Crippen LogP contribution >= 0.6 is 0 Å². The topological polar surface area (TPSA) is 95.4 Å². The van der Waals surface area contributed by atoms with Crippen molar-refractivity contribution >= 4 is 23.4 Å². The Labute approximate surface area is 124 Å². The minimum Gasteiger partial charge on any atom is -0.478 e. The molecule has 1 aliphatic heterocycles. The van der Waals surface area contributed by atoms with Gasteiger partial charge in [-0.05, 0) is 18.2 Å². The summed E-state index contributed by atoms with van der Waals surface area (Å²) in [5, 5.41) is 11.6. The molecule has 2 aromatic rings. The summed E-state index contributed by atoms with van der Waals surface area (Å²) in [5.41, 5.74) is 0.979. The SMILES string of the molecule is CN1CC(=O)Nc2ncnc(-c3ccc(F)c(C(=O)O)c3)c21. The van der Waals surface area contributed by atoms with Gasteiger partial charge in [0.1, 0.15) is 17.8 Å². The summed E-state index contributed by atoms with van der Waals surface area (Å²) in [5.74, 6) is -2.04. The second kappa shape index (κ2) is 5.06. The van der Waals surface area contributed by atoms with Gasteiger partial charge >= 0.3 is 5.97 Å². The van der Waals surface area contributed by atoms with Crippen LogP contribution in [0.25, 0.3) is 11.3 Å². The third kappa shape index (κ3) is 2.24. The average molecular weight is 302 g/mol. The molecule has 0 spiro atoms. The molecule has 0 unspecified atom stereocenters. The van der Waals surface area contributed by atoms with Crippen LogP contribution in [0, 0.1) is 5.82 Å². The number of likely N-dealkylation sites (N-methyl/N-ethyl adjacent to an activating group) is 1. The van der Waals surface area contributed by atoms with E-state index in [4.69, 9.17) is 5.11 Å². The second-order valence-corrected chi connectivity index (χ2v) is 4.82. The normalized spacial score (nSPS) is 13.5. The van der Waals surface area contributed by atoms with Gasteiger partial charge in [0.15, 0.2) is 5.82 Å². The summed E-state index contributed by atoms with van der Waals surface area (Å²) < 4.78 is 13.5. The number of hydrogen-bond acceptors (Lipinski definition) is 5. The van der Waals surface area contributed by atoms with Crippen molar-refractivity contribution in [2.75, 3.05) is 23.8 Å². The molecule has 112 valence electrons. The van der Waals surface area contributed by atoms with Crippen LogP contribution in [-0.2, 0) is 4.79 Å². The lowest BCUT2D eigenvalue weighted by Gasteiger charge is -2.27. The molecular weight excluding hydrogens is 291 g/mol. The Bertz CT molecular complexity index is 794. The number of nitrogens with zero attached hydrogens (tertiary/aromatic N) is 3. The first-order valence-electron chi connectivity index (χ1n) is 6.36. The average Bonchev–Trinajstić information content (AvgIpc) is 2.46. The van der Waals surface area contributed by atoms with Crippen molar-refractivity contribution in [1.82, 2.24) is 9.97 Å². The quantitative estimate of drug-likeness (QED) is 0.870. The molecule has 2 heterocycles. The third-order valence-electron chi connectivity index (χ3n) is 3.31. The van der Waals surface area contributed by atoms with Gasteiger partial charge in [-0.2, -0.15) is 0 Å². The Kier molecular flexibility index (Phi) is 3.21. The van der Waals surface area contributed by atoms with Gasteiger partial charge in [0.05, 0.1) is 17.8 Å². The summed E-state index contributed by atoms with van der Waals surface area (Å²) in [4.78, 5) is 32.4. The Morgan fingerprint density at radius 2 is 2.18 bits per heavy atom. The monoisotopic (exact) mass is 302 g/mol. The molecular formula is C14H11FN4O3. The van der Waals surface area contributed by atoms with Crippen molar-refractivity contribution in [2.24, 2.45) is 0 Å². The number of anilines is 2. The number of carbonyl (C=O) groups excluding carboxylic acids is 1. The molecule has 1 amide bonds. The maximum absolute atomic E-state index is 13.5. The lowest BCUT2D eigenvalue weighted by Crippen LogP contribution is -2.36. The van der Waals surface area contributed by atoms with Crippen LogP contribution in [0.4, 0.5) is 15.9 Å². The number of nitrogens with one attached hydrogen (secondary N) is 1. The van der Waals surface area contributed by atoms with Crippen molar-refractivity contribution in [3.05, 3.63) is 35.9 Å². The van der Waals surface area contributed by atoms with E-state index in [2.05, 4.69) is 15.3 Å². The molecule has 0 fully saturated rings. The van der Waals surface area contributed by atoms with Gasteiger partial charge in [0, 0.05) is 12.6 Å². The highest BCUT2D eigenvalue weighted by Gasteiger charge is 2.25. The number of carbonyl (C=O) groups is 2. The predicted octanol–water partition coefficient (Wildman–Crippen LogP) is 1.37. The first-order chi connectivity index (χ1) is 10.5. The standard InChI is InChI=1S/C14H11FN4O3/c1-19-5-10(20)18-13-12(19)11(16-6-17-13)7-2-3-9(15)8(4-7)14(21)22/h2-4,6H,5H2,1H3,(H,21,22)(H,16,17,18,20). The first-order valence-corrected chi connectivity index (χ1v) is 6.36. The Hall–Kier alpha value is -3.03. The van der Waals surface area contributed by atoms with Crippen molar-refractivity contribution in [3.63, 3.8) is 0 Å². The van der Waals surface area contributed by atoms with E-state index in [1.54, 1.807) is 11.9 Å². The van der Waals surface area contributed by atoms with E-state index in [0.717, 1.165) is 6.07 Å². The fourth-order valence-electron chi connectivity index (χ4n) is 2.35. The number of hydrogen-bond donors (Lipinski definition) is 2. The zero-order valence-corrected chi connectivity index (χ0v) is 11.5. The van der Waals surface area contributed by atoms with E-state index in [1.165, 1.54) is 18.5 Å². The summed E-state index contributed by atoms with van der Waals surface area (Å²) in [6.45, 7) is 0.125. The molecule has 0 saturated carbocycles. The minimum absolute atomic E-state index is 0.125. The van der Waals surface area contributed by atoms with E-state index in [1.807, 2.05) is 0 Å². The molecule has 22 heavy (non-hydrogen) atoms. The number of aromatic nitrogens is 2. The van der Waals surface area contributed by atoms with Crippen molar-refractivity contribution in [2.45, 2.75) is 0 Å². The number of amides is 1. The number of carboxylic acid groups (broad SMARTS) is 1. The molecule has 0 aliphatic carbocycles. The van der Waals surface area contributed by atoms with Crippen molar-refractivity contribution in [1.29, 1.82) is 0 Å². The van der Waals surface area contributed by atoms with Gasteiger partial charge in [0.25, 0.3) is 0 Å². The zero-order valence-electron chi connectivity index (χ0n) is 11.5. The number of fused-ring (bicyclic) bond motifs is 1. The molecule has 2 N–H and O–H groups in total. The van der Waals surface area contributed by atoms with Gasteiger partial charge in [-0.25, -0.2) is 19.2 Å². The van der Waals surface area contributed by atoms with Crippen LogP contribution < -0.4 is 10.2 Å². The molecule has 1 aliphatic rings. The highest BCUT2D eigenvalue weighted by atomic mass is 19.1. The van der Waals surface area contributed by atoms with Crippen LogP contribution in [-0.4, -0.2) is 40.5 Å². The molecule has 0 bridgehead atoms. The number of halogens is 1. The van der Waals surface area contributed by atoms with Gasteiger partial charge in [0.2, 0.25) is 5.91 Å². The van der Waals surface area contributed by atoms with E-state index in [9.17, 15) is 14.0 Å². The zero-order chi connectivity index (χ0) is 15.9. The summed E-state index contributed by atoms with van der Waals surface area (Å²) in [6.07, 6.45) is 1.26. The lowest BCUT2D eigenvalue weighted by atomic mass is 10.0. The lowest BCUT2D eigenvalue weighted by molar-refractivity contribution is -0.115. The maximum atomic E-state index is 13.5. The van der Waals surface area contributed by atoms with Crippen molar-refractivity contribution < 1.29 is 19.1 Å². The molecule has 1 aromatic carbocycles. The summed E-state index contributed by atoms with van der Waals surface area (Å²) in [7, 11) is 1.70. The largest absolute Gasteiger partial charge is 0.478 e.